The topological polar surface area (TPSA) is 12.0 Å². The zero-order chi connectivity index (χ0) is 8.65. The summed E-state index contributed by atoms with van der Waals surface area (Å²) >= 11 is 0. The summed E-state index contributed by atoms with van der Waals surface area (Å²) in [5.41, 5.74) is 2.95. The average Bonchev–Trinajstić information content (AvgIpc) is 2.14. The molecule has 0 fully saturated rings. The SMILES string of the molecule is [SiH3]C[SiH2]NCCc1ccccc1. The first-order valence-electron chi connectivity index (χ1n) is 4.68. The van der Waals surface area contributed by atoms with Crippen LogP contribution in [0.3, 0.4) is 0 Å². The minimum absolute atomic E-state index is 0.118. The molecule has 0 heterocycles. The third-order valence-electron chi connectivity index (χ3n) is 1.86. The van der Waals surface area contributed by atoms with Crippen LogP contribution in [-0.4, -0.2) is 26.5 Å². The van der Waals surface area contributed by atoms with Crippen molar-refractivity contribution in [3.63, 3.8) is 0 Å². The van der Waals surface area contributed by atoms with E-state index in [-0.39, 0.29) is 9.68 Å². The van der Waals surface area contributed by atoms with Crippen molar-refractivity contribution in [2.24, 2.45) is 0 Å². The van der Waals surface area contributed by atoms with Crippen LogP contribution in [-0.2, 0) is 6.42 Å². The molecule has 1 aromatic rings. The van der Waals surface area contributed by atoms with Gasteiger partial charge in [-0.15, -0.1) is 0 Å². The Kier molecular flexibility index (Phi) is 4.98. The van der Waals surface area contributed by atoms with Crippen molar-refractivity contribution < 1.29 is 0 Å². The van der Waals surface area contributed by atoms with Crippen LogP contribution in [0.2, 0.25) is 5.67 Å². The van der Waals surface area contributed by atoms with E-state index in [0.717, 1.165) is 0 Å². The highest BCUT2D eigenvalue weighted by atomic mass is 28.3. The Morgan fingerprint density at radius 1 is 1.25 bits per heavy atom. The van der Waals surface area contributed by atoms with Crippen LogP contribution in [0.15, 0.2) is 30.3 Å². The lowest BCUT2D eigenvalue weighted by molar-refractivity contribution is 0.889. The van der Waals surface area contributed by atoms with E-state index in [1.165, 1.54) is 34.4 Å². The smallest absolute Gasteiger partial charge is 0.0882 e. The van der Waals surface area contributed by atoms with Gasteiger partial charge in [0.2, 0.25) is 0 Å². The summed E-state index contributed by atoms with van der Waals surface area (Å²) in [7, 11) is 1.49. The lowest BCUT2D eigenvalue weighted by Crippen LogP contribution is -2.21. The summed E-state index contributed by atoms with van der Waals surface area (Å²) in [6.07, 6.45) is 1.19. The van der Waals surface area contributed by atoms with Gasteiger partial charge >= 0.3 is 0 Å². The van der Waals surface area contributed by atoms with Crippen LogP contribution in [0.4, 0.5) is 0 Å². The molecule has 1 nitrogen and oxygen atoms in total. The molecule has 0 radical (unpaired) electrons. The monoisotopic (exact) mass is 195 g/mol. The fourth-order valence-electron chi connectivity index (χ4n) is 1.18. The molecule has 12 heavy (non-hydrogen) atoms. The molecule has 0 aliphatic rings. The van der Waals surface area contributed by atoms with E-state index in [9.17, 15) is 0 Å². The van der Waals surface area contributed by atoms with Gasteiger partial charge in [-0.2, -0.15) is 0 Å². The standard InChI is InChI=1S/C9H17NSi2/c11-8-12-10-7-6-9-4-2-1-3-5-9/h1-5,10H,6-8,12H2,11H3. The quantitative estimate of drug-likeness (QED) is 0.500. The van der Waals surface area contributed by atoms with E-state index in [4.69, 9.17) is 0 Å². The zero-order valence-corrected chi connectivity index (χ0v) is 11.1. The van der Waals surface area contributed by atoms with Crippen LogP contribution in [0, 0.1) is 0 Å². The van der Waals surface area contributed by atoms with Gasteiger partial charge in [0.15, 0.2) is 0 Å². The molecule has 0 aromatic heterocycles. The van der Waals surface area contributed by atoms with Crippen molar-refractivity contribution in [3.8, 4) is 0 Å². The molecule has 1 N–H and O–H groups in total. The van der Waals surface area contributed by atoms with E-state index < -0.39 is 0 Å². The first-order chi connectivity index (χ1) is 5.93. The molecule has 1 rings (SSSR count). The van der Waals surface area contributed by atoms with Crippen LogP contribution in [0.5, 0.6) is 0 Å². The Morgan fingerprint density at radius 3 is 2.67 bits per heavy atom. The Labute approximate surface area is 79.9 Å². The molecule has 0 atom stereocenters. The van der Waals surface area contributed by atoms with Crippen LogP contribution >= 0.6 is 0 Å². The molecule has 0 saturated carbocycles. The minimum Gasteiger partial charge on any atom is -0.342 e. The molecular formula is C9H17NSi2. The predicted octanol–water partition coefficient (Wildman–Crippen LogP) is -0.356. The van der Waals surface area contributed by atoms with E-state index in [0.29, 0.717) is 0 Å². The third-order valence-corrected chi connectivity index (χ3v) is 4.57. The van der Waals surface area contributed by atoms with E-state index in [2.05, 4.69) is 35.3 Å². The normalized spacial score (nSPS) is 11.3. The largest absolute Gasteiger partial charge is 0.342 e. The molecule has 3 heteroatoms. The van der Waals surface area contributed by atoms with Crippen molar-refractivity contribution in [2.75, 3.05) is 6.54 Å². The van der Waals surface area contributed by atoms with Crippen molar-refractivity contribution in [2.45, 2.75) is 12.1 Å². The summed E-state index contributed by atoms with van der Waals surface area (Å²) < 4.78 is 0. The molecule has 1 aromatic carbocycles. The summed E-state index contributed by atoms with van der Waals surface area (Å²) in [6.45, 7) is 1.18. The lowest BCUT2D eigenvalue weighted by Gasteiger charge is -2.01. The van der Waals surface area contributed by atoms with Crippen molar-refractivity contribution in [1.29, 1.82) is 0 Å². The molecule has 66 valence electrons. The molecule has 0 unspecified atom stereocenters. The highest BCUT2D eigenvalue weighted by molar-refractivity contribution is 6.44. The fraction of sp³-hybridized carbons (Fsp3) is 0.333. The maximum absolute atomic E-state index is 3.56. The summed E-state index contributed by atoms with van der Waals surface area (Å²) in [5.74, 6) is 0. The number of benzene rings is 1. The molecule has 0 aliphatic carbocycles. The molecule has 0 saturated heterocycles. The predicted molar refractivity (Wildman–Crippen MR) is 61.4 cm³/mol. The Morgan fingerprint density at radius 2 is 2.00 bits per heavy atom. The first-order valence-corrected chi connectivity index (χ1v) is 7.80. The highest BCUT2D eigenvalue weighted by Crippen LogP contribution is 1.97. The second-order valence-corrected chi connectivity index (χ2v) is 7.99. The fourth-order valence-corrected chi connectivity index (χ4v) is 3.02. The first kappa shape index (κ1) is 9.70. The van der Waals surface area contributed by atoms with Gasteiger partial charge in [-0.3, -0.25) is 0 Å². The average molecular weight is 195 g/mol. The molecule has 0 spiro atoms. The Bertz CT molecular complexity index is 201. The zero-order valence-electron chi connectivity index (χ0n) is 7.72. The van der Waals surface area contributed by atoms with Gasteiger partial charge in [-0.05, 0) is 18.5 Å². The summed E-state index contributed by atoms with van der Waals surface area (Å²) in [5, 5.41) is 0. The van der Waals surface area contributed by atoms with Gasteiger partial charge in [-0.25, -0.2) is 0 Å². The molecule has 0 aliphatic heterocycles. The van der Waals surface area contributed by atoms with Gasteiger partial charge in [0.05, 0.1) is 9.68 Å². The van der Waals surface area contributed by atoms with Gasteiger partial charge in [0.1, 0.15) is 0 Å². The lowest BCUT2D eigenvalue weighted by atomic mass is 10.2. The second kappa shape index (κ2) is 6.17. The molecule has 0 bridgehead atoms. The Hall–Kier alpha value is -0.386. The highest BCUT2D eigenvalue weighted by Gasteiger charge is 1.89. The molecule has 0 amide bonds. The van der Waals surface area contributed by atoms with E-state index in [1.807, 2.05) is 0 Å². The van der Waals surface area contributed by atoms with Gasteiger partial charge in [-0.1, -0.05) is 36.0 Å². The number of nitrogens with one attached hydrogen (secondary N) is 1. The van der Waals surface area contributed by atoms with Crippen molar-refractivity contribution >= 4 is 19.9 Å². The summed E-state index contributed by atoms with van der Waals surface area (Å²) in [6, 6.07) is 10.7. The van der Waals surface area contributed by atoms with Crippen LogP contribution in [0.1, 0.15) is 5.56 Å². The van der Waals surface area contributed by atoms with Crippen molar-refractivity contribution in [3.05, 3.63) is 35.9 Å². The van der Waals surface area contributed by atoms with Crippen LogP contribution in [0.25, 0.3) is 0 Å². The van der Waals surface area contributed by atoms with Gasteiger partial charge in [0.25, 0.3) is 0 Å². The minimum atomic E-state index is 0.118. The van der Waals surface area contributed by atoms with Crippen molar-refractivity contribution in [1.82, 2.24) is 4.98 Å². The maximum atomic E-state index is 3.56. The number of hydrogen-bond donors (Lipinski definition) is 1. The van der Waals surface area contributed by atoms with Gasteiger partial charge < -0.3 is 4.98 Å². The van der Waals surface area contributed by atoms with E-state index in [1.54, 1.807) is 0 Å². The Balaban J connectivity index is 2.16. The van der Waals surface area contributed by atoms with Crippen LogP contribution < -0.4 is 4.98 Å². The third kappa shape index (κ3) is 3.85. The maximum Gasteiger partial charge on any atom is 0.0882 e. The summed E-state index contributed by atoms with van der Waals surface area (Å²) in [4.78, 5) is 3.56. The molecular weight excluding hydrogens is 178 g/mol. The second-order valence-electron chi connectivity index (χ2n) is 2.99. The number of hydrogen-bond acceptors (Lipinski definition) is 1. The van der Waals surface area contributed by atoms with E-state index >= 15 is 0 Å². The number of rotatable bonds is 5. The van der Waals surface area contributed by atoms with Gasteiger partial charge in [0, 0.05) is 10.2 Å².